The van der Waals surface area contributed by atoms with Gasteiger partial charge in [0, 0.05) is 6.54 Å². The molecule has 2 N–H and O–H groups in total. The third-order valence-electron chi connectivity index (χ3n) is 4.17. The SMILES string of the molecule is CC(O[N+](=O)[O-])C(CCCNC(=O)O[C@@H]1CO[C@H]2[C@@H]1OC[C@H]2O)O[N+](=O)[O-]. The van der Waals surface area contributed by atoms with E-state index in [1.165, 1.54) is 6.92 Å². The molecule has 2 heterocycles. The number of amides is 1. The molecule has 0 spiro atoms. The van der Waals surface area contributed by atoms with Gasteiger partial charge >= 0.3 is 6.09 Å². The average Bonchev–Trinajstić information content (AvgIpc) is 3.13. The Kier molecular flexibility index (Phi) is 7.32. The molecule has 0 aromatic rings. The molecule has 0 bridgehead atoms. The quantitative estimate of drug-likeness (QED) is 0.268. The van der Waals surface area contributed by atoms with Crippen LogP contribution in [0.1, 0.15) is 19.8 Å². The fraction of sp³-hybridized carbons (Fsp3) is 0.923. The zero-order valence-corrected chi connectivity index (χ0v) is 14.4. The van der Waals surface area contributed by atoms with E-state index in [-0.39, 0.29) is 32.6 Å². The van der Waals surface area contributed by atoms with Crippen molar-refractivity contribution in [3.8, 4) is 0 Å². The van der Waals surface area contributed by atoms with Crippen molar-refractivity contribution in [2.75, 3.05) is 19.8 Å². The Morgan fingerprint density at radius 1 is 1.22 bits per heavy atom. The lowest BCUT2D eigenvalue weighted by molar-refractivity contribution is -0.798. The third kappa shape index (κ3) is 6.04. The summed E-state index contributed by atoms with van der Waals surface area (Å²) >= 11 is 0. The van der Waals surface area contributed by atoms with Gasteiger partial charge in [-0.05, 0) is 19.8 Å². The Balaban J connectivity index is 1.68. The molecule has 0 radical (unpaired) electrons. The highest BCUT2D eigenvalue weighted by molar-refractivity contribution is 5.67. The van der Waals surface area contributed by atoms with E-state index < -0.39 is 52.9 Å². The van der Waals surface area contributed by atoms with Crippen molar-refractivity contribution < 1.29 is 44.0 Å². The largest absolute Gasteiger partial charge is 0.441 e. The van der Waals surface area contributed by atoms with E-state index >= 15 is 0 Å². The van der Waals surface area contributed by atoms with Gasteiger partial charge in [-0.25, -0.2) is 4.79 Å². The second kappa shape index (κ2) is 9.48. The fourth-order valence-corrected chi connectivity index (χ4v) is 2.91. The number of nitrogens with zero attached hydrogens (tertiary/aromatic N) is 2. The van der Waals surface area contributed by atoms with Crippen LogP contribution in [0, 0.1) is 20.2 Å². The minimum absolute atomic E-state index is 0.0306. The van der Waals surface area contributed by atoms with Crippen molar-refractivity contribution >= 4 is 6.09 Å². The number of carbonyl (C=O) groups excluding carboxylic acids is 1. The first kappa shape index (κ1) is 20.9. The highest BCUT2D eigenvalue weighted by Gasteiger charge is 2.48. The van der Waals surface area contributed by atoms with Crippen LogP contribution < -0.4 is 5.32 Å². The lowest BCUT2D eigenvalue weighted by Crippen LogP contribution is -2.38. The molecule has 2 saturated heterocycles. The van der Waals surface area contributed by atoms with E-state index in [0.29, 0.717) is 0 Å². The molecule has 14 heteroatoms. The van der Waals surface area contributed by atoms with Gasteiger partial charge in [-0.2, -0.15) is 0 Å². The number of aliphatic hydroxyl groups excluding tert-OH is 1. The number of hydrogen-bond acceptors (Lipinski definition) is 11. The van der Waals surface area contributed by atoms with Gasteiger partial charge in [0.1, 0.15) is 30.5 Å². The van der Waals surface area contributed by atoms with Gasteiger partial charge in [0.15, 0.2) is 6.10 Å². The minimum Gasteiger partial charge on any atom is -0.441 e. The molecule has 2 unspecified atom stereocenters. The number of aliphatic hydroxyl groups is 1. The maximum atomic E-state index is 11.8. The molecule has 2 fully saturated rings. The fourth-order valence-electron chi connectivity index (χ4n) is 2.91. The topological polar surface area (TPSA) is 182 Å². The van der Waals surface area contributed by atoms with Crippen LogP contribution in [-0.2, 0) is 23.9 Å². The van der Waals surface area contributed by atoms with Gasteiger partial charge in [-0.1, -0.05) is 0 Å². The van der Waals surface area contributed by atoms with Crippen LogP contribution in [0.2, 0.25) is 0 Å². The van der Waals surface area contributed by atoms with Gasteiger partial charge in [0.2, 0.25) is 0 Å². The van der Waals surface area contributed by atoms with E-state index in [4.69, 9.17) is 14.2 Å². The van der Waals surface area contributed by atoms with Crippen molar-refractivity contribution in [2.45, 2.75) is 56.4 Å². The van der Waals surface area contributed by atoms with E-state index in [2.05, 4.69) is 15.0 Å². The summed E-state index contributed by atoms with van der Waals surface area (Å²) in [6, 6.07) is 0. The third-order valence-corrected chi connectivity index (χ3v) is 4.17. The van der Waals surface area contributed by atoms with Crippen LogP contribution in [-0.4, -0.2) is 77.8 Å². The molecule has 154 valence electrons. The maximum Gasteiger partial charge on any atom is 0.407 e. The second-order valence-corrected chi connectivity index (χ2v) is 6.08. The Bertz CT molecular complexity index is 548. The first-order valence-corrected chi connectivity index (χ1v) is 8.26. The number of hydrogen-bond donors (Lipinski definition) is 2. The van der Waals surface area contributed by atoms with Crippen LogP contribution in [0.3, 0.4) is 0 Å². The van der Waals surface area contributed by atoms with Crippen LogP contribution >= 0.6 is 0 Å². The van der Waals surface area contributed by atoms with E-state index in [1.807, 2.05) is 0 Å². The predicted octanol–water partition coefficient (Wildman–Crippen LogP) is -0.806. The molecule has 0 aromatic carbocycles. The number of alkyl carbamates (subject to hydrolysis) is 1. The predicted molar refractivity (Wildman–Crippen MR) is 82.4 cm³/mol. The van der Waals surface area contributed by atoms with Crippen LogP contribution in [0.15, 0.2) is 0 Å². The van der Waals surface area contributed by atoms with Crippen molar-refractivity contribution in [3.05, 3.63) is 20.2 Å². The summed E-state index contributed by atoms with van der Waals surface area (Å²) in [7, 11) is 0. The van der Waals surface area contributed by atoms with Gasteiger partial charge in [0.25, 0.3) is 10.2 Å². The number of ether oxygens (including phenoxy) is 3. The number of rotatable bonds is 10. The van der Waals surface area contributed by atoms with E-state index in [9.17, 15) is 30.1 Å². The zero-order valence-electron chi connectivity index (χ0n) is 14.4. The van der Waals surface area contributed by atoms with Gasteiger partial charge in [-0.3, -0.25) is 0 Å². The summed E-state index contributed by atoms with van der Waals surface area (Å²) in [6.45, 7) is 1.57. The minimum atomic E-state index is -1.17. The molecule has 27 heavy (non-hydrogen) atoms. The summed E-state index contributed by atoms with van der Waals surface area (Å²) in [6.07, 6.45) is -5.26. The summed E-state index contributed by atoms with van der Waals surface area (Å²) in [5.41, 5.74) is 0. The highest BCUT2D eigenvalue weighted by atomic mass is 17.0. The molecular weight excluding hydrogens is 374 g/mol. The standard InChI is InChI=1S/C13H21N3O11/c1-7(26-15(19)20)9(27-16(21)22)3-2-4-14-13(18)25-10-6-24-11-8(17)5-23-12(10)11/h7-12,17H,2-6H2,1H3,(H,14,18)/t7?,8-,9?,10-,11-,12-/m1/s1. The Hall–Kier alpha value is -2.45. The zero-order chi connectivity index (χ0) is 20.0. The van der Waals surface area contributed by atoms with Crippen molar-refractivity contribution in [1.82, 2.24) is 5.32 Å². The maximum absolute atomic E-state index is 11.8. The molecule has 2 aliphatic rings. The molecule has 0 aromatic heterocycles. The Morgan fingerprint density at radius 3 is 2.56 bits per heavy atom. The summed E-state index contributed by atoms with van der Waals surface area (Å²) in [4.78, 5) is 41.3. The van der Waals surface area contributed by atoms with E-state index in [1.54, 1.807) is 0 Å². The normalized spacial score (nSPS) is 28.7. The Morgan fingerprint density at radius 2 is 1.89 bits per heavy atom. The van der Waals surface area contributed by atoms with Crippen molar-refractivity contribution in [1.29, 1.82) is 0 Å². The molecule has 1 amide bonds. The highest BCUT2D eigenvalue weighted by Crippen LogP contribution is 2.28. The van der Waals surface area contributed by atoms with Crippen LogP contribution in [0.5, 0.6) is 0 Å². The first-order valence-electron chi connectivity index (χ1n) is 8.26. The number of nitrogens with one attached hydrogen (secondary N) is 1. The smallest absolute Gasteiger partial charge is 0.407 e. The van der Waals surface area contributed by atoms with Gasteiger partial charge < -0.3 is 34.3 Å². The van der Waals surface area contributed by atoms with Crippen LogP contribution in [0.25, 0.3) is 0 Å². The summed E-state index contributed by atoms with van der Waals surface area (Å²) in [5.74, 6) is 0. The lowest BCUT2D eigenvalue weighted by atomic mass is 10.1. The molecule has 0 saturated carbocycles. The van der Waals surface area contributed by atoms with E-state index in [0.717, 1.165) is 0 Å². The van der Waals surface area contributed by atoms with Crippen molar-refractivity contribution in [3.63, 3.8) is 0 Å². The molecule has 2 rings (SSSR count). The number of fused-ring (bicyclic) bond motifs is 1. The van der Waals surface area contributed by atoms with Gasteiger partial charge in [-0.15, -0.1) is 20.2 Å². The Labute approximate surface area is 152 Å². The second-order valence-electron chi connectivity index (χ2n) is 6.08. The monoisotopic (exact) mass is 395 g/mol. The summed E-state index contributed by atoms with van der Waals surface area (Å²) < 4.78 is 15.8. The van der Waals surface area contributed by atoms with Gasteiger partial charge in [0.05, 0.1) is 13.2 Å². The summed E-state index contributed by atoms with van der Waals surface area (Å²) in [5, 5.41) is 30.8. The lowest BCUT2D eigenvalue weighted by Gasteiger charge is -2.20. The first-order chi connectivity index (χ1) is 12.8. The molecule has 0 aliphatic carbocycles. The molecule has 14 nitrogen and oxygen atoms in total. The molecular formula is C13H21N3O11. The van der Waals surface area contributed by atoms with Crippen molar-refractivity contribution in [2.24, 2.45) is 0 Å². The molecule has 2 aliphatic heterocycles. The average molecular weight is 395 g/mol. The number of carbonyl (C=O) groups is 1. The molecule has 6 atom stereocenters. The van der Waals surface area contributed by atoms with Crippen LogP contribution in [0.4, 0.5) is 4.79 Å².